The van der Waals surface area contributed by atoms with Crippen LogP contribution in [0.15, 0.2) is 115 Å². The van der Waals surface area contributed by atoms with Crippen LogP contribution in [0.1, 0.15) is 10.4 Å². The van der Waals surface area contributed by atoms with Crippen LogP contribution in [0.3, 0.4) is 0 Å². The van der Waals surface area contributed by atoms with Crippen LogP contribution >= 0.6 is 0 Å². The first kappa shape index (κ1) is 19.4. The summed E-state index contributed by atoms with van der Waals surface area (Å²) in [6, 6.07) is 37.0. The summed E-state index contributed by atoms with van der Waals surface area (Å²) in [5.41, 5.74) is 0.556. The van der Waals surface area contributed by atoms with Gasteiger partial charge in [0.15, 0.2) is 0 Å². The van der Waals surface area contributed by atoms with Gasteiger partial charge in [-0.15, -0.1) is 0 Å². The van der Waals surface area contributed by atoms with Gasteiger partial charge in [-0.3, -0.25) is 0 Å². The molecule has 0 unspecified atom stereocenters. The number of rotatable bonds is 6. The minimum atomic E-state index is -3.10. The van der Waals surface area contributed by atoms with Crippen LogP contribution in [-0.4, -0.2) is 19.3 Å². The normalized spacial score (nSPS) is 11.2. The number of carbonyl (C=O) groups is 1. The summed E-state index contributed by atoms with van der Waals surface area (Å²) in [7, 11) is 0. The van der Waals surface area contributed by atoms with Gasteiger partial charge >= 0.3 is 173 Å². The van der Waals surface area contributed by atoms with Gasteiger partial charge in [0.2, 0.25) is 0 Å². The number of benzene rings is 4. The number of Topliss-reactive ketones (excluding diaryl/α,β-unsaturated/α-hetero) is 1. The third-order valence-corrected chi connectivity index (χ3v) is 14.2. The Morgan fingerprint density at radius 1 is 0.586 bits per heavy atom. The molecule has 0 fully saturated rings. The maximum absolute atomic E-state index is 13.4. The van der Waals surface area contributed by atoms with Gasteiger partial charge in [-0.25, -0.2) is 0 Å². The van der Waals surface area contributed by atoms with Crippen LogP contribution < -0.4 is 13.1 Å². The predicted octanol–water partition coefficient (Wildman–Crippen LogP) is 4.18. The fourth-order valence-corrected chi connectivity index (χ4v) is 12.3. The summed E-state index contributed by atoms with van der Waals surface area (Å²) >= 11 is -3.10. The maximum atomic E-state index is 13.4. The Morgan fingerprint density at radius 3 is 1.34 bits per heavy atom. The van der Waals surface area contributed by atoms with Crippen molar-refractivity contribution in [3.63, 3.8) is 0 Å². The van der Waals surface area contributed by atoms with E-state index in [1.165, 1.54) is 25.2 Å². The molecule has 4 aromatic rings. The molecule has 0 amide bonds. The van der Waals surface area contributed by atoms with Gasteiger partial charge in [0, 0.05) is 0 Å². The van der Waals surface area contributed by atoms with Gasteiger partial charge in [0.25, 0.3) is 0 Å². The predicted molar refractivity (Wildman–Crippen MR) is 120 cm³/mol. The number of halogens is 1. The molecule has 0 aliphatic carbocycles. The van der Waals surface area contributed by atoms with Gasteiger partial charge in [-0.05, 0) is 0 Å². The molecule has 0 saturated carbocycles. The monoisotopic (exact) mass is 443 g/mol. The Balaban J connectivity index is 1.92. The molecule has 0 spiro atoms. The van der Waals surface area contributed by atoms with Gasteiger partial charge in [-0.2, -0.15) is 0 Å². The van der Waals surface area contributed by atoms with Crippen LogP contribution in [-0.2, 0) is 0 Å². The first-order valence-corrected chi connectivity index (χ1v) is 13.7. The van der Waals surface area contributed by atoms with Crippen molar-refractivity contribution in [1.82, 2.24) is 0 Å². The molecule has 0 saturated heterocycles. The molecule has 29 heavy (non-hydrogen) atoms. The van der Waals surface area contributed by atoms with E-state index in [2.05, 4.69) is 36.4 Å². The third kappa shape index (κ3) is 3.95. The molecule has 0 aliphatic rings. The number of hydrogen-bond acceptors (Lipinski definition) is 1. The molecule has 0 bridgehead atoms. The van der Waals surface area contributed by atoms with Crippen molar-refractivity contribution >= 4 is 32.4 Å². The van der Waals surface area contributed by atoms with Crippen LogP contribution in [0.4, 0.5) is 4.39 Å². The Kier molecular flexibility index (Phi) is 5.73. The van der Waals surface area contributed by atoms with Gasteiger partial charge < -0.3 is 0 Å². The van der Waals surface area contributed by atoms with Gasteiger partial charge in [-0.1, -0.05) is 0 Å². The second kappa shape index (κ2) is 8.59. The van der Waals surface area contributed by atoms with E-state index >= 15 is 0 Å². The SMILES string of the molecule is O=C(C[As+](c1ccccc1)(c1ccccc1)c1ccccc1)c1ccc(F)cc1. The van der Waals surface area contributed by atoms with Crippen molar-refractivity contribution in [2.75, 3.05) is 0 Å². The molecule has 0 N–H and O–H groups in total. The standard InChI is InChI=1S/C26H21AsFO/c28-25-18-16-21(17-19-25)26(29)20-27(22-10-4-1-5-11-22,23-12-6-2-7-13-23)24-14-8-3-9-15-24/h1-19H,20H2/q+1. The second-order valence-electron chi connectivity index (χ2n) is 6.90. The summed E-state index contributed by atoms with van der Waals surface area (Å²) in [5, 5.41) is 0.419. The molecule has 0 aliphatic heterocycles. The van der Waals surface area contributed by atoms with Crippen LogP contribution in [0.2, 0.25) is 5.21 Å². The van der Waals surface area contributed by atoms with Gasteiger partial charge in [0.05, 0.1) is 0 Å². The minimum absolute atomic E-state index is 0.0501. The van der Waals surface area contributed by atoms with Gasteiger partial charge in [0.1, 0.15) is 0 Å². The second-order valence-corrected chi connectivity index (χ2v) is 14.2. The fourth-order valence-electron chi connectivity index (χ4n) is 3.71. The molecule has 142 valence electrons. The van der Waals surface area contributed by atoms with E-state index in [1.807, 2.05) is 54.6 Å². The molecule has 1 nitrogen and oxygen atoms in total. The van der Waals surface area contributed by atoms with Crippen LogP contribution in [0.25, 0.3) is 0 Å². The first-order chi connectivity index (χ1) is 14.2. The Labute approximate surface area is 173 Å². The number of hydrogen-bond donors (Lipinski definition) is 0. The third-order valence-electron chi connectivity index (χ3n) is 5.14. The number of carbonyl (C=O) groups excluding carboxylic acids is 1. The van der Waals surface area contributed by atoms with Crippen molar-refractivity contribution < 1.29 is 9.18 Å². The molecule has 0 heterocycles. The molecular formula is C26H21AsFO+. The zero-order chi connectivity index (χ0) is 20.1. The average Bonchev–Trinajstić information content (AvgIpc) is 2.79. The van der Waals surface area contributed by atoms with E-state index in [0.29, 0.717) is 10.8 Å². The van der Waals surface area contributed by atoms with E-state index in [9.17, 15) is 9.18 Å². The summed E-state index contributed by atoms with van der Waals surface area (Å²) in [6.07, 6.45) is 0. The summed E-state index contributed by atoms with van der Waals surface area (Å²) in [5.74, 6) is -0.281. The average molecular weight is 443 g/mol. The summed E-state index contributed by atoms with van der Waals surface area (Å²) in [6.45, 7) is 0. The molecule has 4 rings (SSSR count). The number of ketones is 1. The molecule has 0 atom stereocenters. The fraction of sp³-hybridized carbons (Fsp3) is 0.0385. The van der Waals surface area contributed by atoms with E-state index in [0.717, 1.165) is 0 Å². The van der Waals surface area contributed by atoms with Crippen molar-refractivity contribution in [2.45, 2.75) is 5.21 Å². The van der Waals surface area contributed by atoms with E-state index in [-0.39, 0.29) is 11.6 Å². The van der Waals surface area contributed by atoms with Crippen molar-refractivity contribution in [3.05, 3.63) is 127 Å². The van der Waals surface area contributed by atoms with Crippen LogP contribution in [0, 0.1) is 5.82 Å². The molecule has 0 radical (unpaired) electrons. The van der Waals surface area contributed by atoms with Crippen molar-refractivity contribution in [1.29, 1.82) is 0 Å². The summed E-state index contributed by atoms with van der Waals surface area (Å²) < 4.78 is 17.0. The van der Waals surface area contributed by atoms with E-state index in [4.69, 9.17) is 0 Å². The quantitative estimate of drug-likeness (QED) is 0.323. The van der Waals surface area contributed by atoms with E-state index in [1.54, 1.807) is 12.1 Å². The first-order valence-electron chi connectivity index (χ1n) is 9.54. The Morgan fingerprint density at radius 2 is 0.966 bits per heavy atom. The zero-order valence-corrected chi connectivity index (χ0v) is 17.8. The van der Waals surface area contributed by atoms with Crippen molar-refractivity contribution in [3.8, 4) is 0 Å². The Hall–Kier alpha value is -2.96. The topological polar surface area (TPSA) is 17.1 Å². The van der Waals surface area contributed by atoms with E-state index < -0.39 is 13.6 Å². The van der Waals surface area contributed by atoms with Crippen LogP contribution in [0.5, 0.6) is 0 Å². The Bertz CT molecular complexity index is 981. The van der Waals surface area contributed by atoms with Crippen molar-refractivity contribution in [2.24, 2.45) is 0 Å². The molecule has 4 aromatic carbocycles. The summed E-state index contributed by atoms with van der Waals surface area (Å²) in [4.78, 5) is 13.4. The zero-order valence-electron chi connectivity index (χ0n) is 15.9. The molecule has 0 aromatic heterocycles. The molecular weight excluding hydrogens is 422 g/mol. The molecule has 3 heteroatoms.